The van der Waals surface area contributed by atoms with E-state index in [9.17, 15) is 0 Å². The van der Waals surface area contributed by atoms with Crippen molar-refractivity contribution >= 4 is 40.0 Å². The minimum absolute atomic E-state index is 0.278. The van der Waals surface area contributed by atoms with Gasteiger partial charge in [-0.3, -0.25) is 0 Å². The van der Waals surface area contributed by atoms with Crippen molar-refractivity contribution in [1.29, 1.82) is 0 Å². The van der Waals surface area contributed by atoms with Crippen LogP contribution in [0.15, 0.2) is 12.3 Å². The van der Waals surface area contributed by atoms with Gasteiger partial charge in [0, 0.05) is 16.3 Å². The molecular formula is C11H11ClIN3. The first-order valence-electron chi connectivity index (χ1n) is 5.14. The van der Waals surface area contributed by atoms with Crippen LogP contribution in [0.3, 0.4) is 0 Å². The number of anilines is 1. The van der Waals surface area contributed by atoms with E-state index in [0.29, 0.717) is 11.6 Å². The third-order valence-corrected chi connectivity index (χ3v) is 4.37. The van der Waals surface area contributed by atoms with Gasteiger partial charge in [-0.25, -0.2) is 11.6 Å². The van der Waals surface area contributed by atoms with Crippen LogP contribution in [0.25, 0.3) is 4.85 Å². The molecule has 0 bridgehead atoms. The van der Waals surface area contributed by atoms with Gasteiger partial charge in [0.1, 0.15) is 11.9 Å². The zero-order valence-corrected chi connectivity index (χ0v) is 11.6. The Labute approximate surface area is 114 Å². The normalized spacial score (nSPS) is 19.8. The zero-order valence-electron chi connectivity index (χ0n) is 8.66. The fraction of sp³-hybridized carbons (Fsp3) is 0.455. The number of hydrogen-bond donors (Lipinski definition) is 0. The lowest BCUT2D eigenvalue weighted by atomic mass is 10.2. The van der Waals surface area contributed by atoms with Gasteiger partial charge in [-0.05, 0) is 41.5 Å². The zero-order chi connectivity index (χ0) is 11.5. The molecule has 0 aliphatic carbocycles. The maximum atomic E-state index is 6.96. The Balaban J connectivity index is 2.30. The van der Waals surface area contributed by atoms with E-state index >= 15 is 0 Å². The molecule has 1 fully saturated rings. The van der Waals surface area contributed by atoms with Gasteiger partial charge < -0.3 is 9.74 Å². The Morgan fingerprint density at radius 1 is 1.69 bits per heavy atom. The van der Waals surface area contributed by atoms with E-state index in [1.54, 1.807) is 6.20 Å². The molecule has 1 saturated heterocycles. The topological polar surface area (TPSA) is 20.5 Å². The molecule has 84 valence electrons. The van der Waals surface area contributed by atoms with Crippen LogP contribution in [0.4, 0.5) is 5.82 Å². The van der Waals surface area contributed by atoms with E-state index in [-0.39, 0.29) is 6.04 Å². The summed E-state index contributed by atoms with van der Waals surface area (Å²) in [5.41, 5.74) is 0. The van der Waals surface area contributed by atoms with E-state index in [1.807, 2.05) is 6.07 Å². The highest BCUT2D eigenvalue weighted by Crippen LogP contribution is 2.32. The van der Waals surface area contributed by atoms with Crippen LogP contribution in [0.2, 0.25) is 5.02 Å². The second-order valence-corrected chi connectivity index (χ2v) is 5.30. The summed E-state index contributed by atoms with van der Waals surface area (Å²) in [7, 11) is 0. The summed E-state index contributed by atoms with van der Waals surface area (Å²) < 4.78 is 1.01. The van der Waals surface area contributed by atoms with Crippen molar-refractivity contribution in [2.24, 2.45) is 0 Å². The number of rotatable bonds is 2. The molecule has 1 atom stereocenters. The van der Waals surface area contributed by atoms with Crippen molar-refractivity contribution in [3.8, 4) is 0 Å². The summed E-state index contributed by atoms with van der Waals surface area (Å²) in [6.07, 6.45) is 3.95. The number of nitrogens with zero attached hydrogens (tertiary/aromatic N) is 3. The van der Waals surface area contributed by atoms with Crippen molar-refractivity contribution in [3.63, 3.8) is 0 Å². The molecule has 2 rings (SSSR count). The molecular weight excluding hydrogens is 336 g/mol. The number of aromatic nitrogens is 1. The predicted molar refractivity (Wildman–Crippen MR) is 73.8 cm³/mol. The van der Waals surface area contributed by atoms with Crippen LogP contribution < -0.4 is 4.90 Å². The molecule has 1 aliphatic rings. The molecule has 0 spiro atoms. The maximum absolute atomic E-state index is 6.96. The lowest BCUT2D eigenvalue weighted by Gasteiger charge is -2.23. The van der Waals surface area contributed by atoms with E-state index in [2.05, 4.69) is 37.3 Å². The Hall–Kier alpha value is -0.540. The maximum Gasteiger partial charge on any atom is 0.234 e. The number of halogens is 2. The summed E-state index contributed by atoms with van der Waals surface area (Å²) in [4.78, 5) is 9.99. The Kier molecular flexibility index (Phi) is 3.87. The first kappa shape index (κ1) is 11.9. The predicted octanol–water partition coefficient (Wildman–Crippen LogP) is 3.23. The molecule has 1 aliphatic heterocycles. The molecule has 5 heteroatoms. The molecule has 2 heterocycles. The van der Waals surface area contributed by atoms with E-state index in [4.69, 9.17) is 18.2 Å². The number of pyridine rings is 1. The van der Waals surface area contributed by atoms with E-state index < -0.39 is 0 Å². The smallest absolute Gasteiger partial charge is 0.234 e. The molecule has 1 aromatic rings. The van der Waals surface area contributed by atoms with Gasteiger partial charge in [0.05, 0.1) is 5.02 Å². The monoisotopic (exact) mass is 347 g/mol. The van der Waals surface area contributed by atoms with Crippen LogP contribution in [0, 0.1) is 10.1 Å². The van der Waals surface area contributed by atoms with Crippen molar-refractivity contribution in [2.75, 3.05) is 18.0 Å². The van der Waals surface area contributed by atoms with Crippen molar-refractivity contribution in [3.05, 3.63) is 32.3 Å². The largest absolute Gasteiger partial charge is 0.345 e. The standard InChI is InChI=1S/C11H11ClIN3/c1-14-7-8-3-2-6-16(8)11-10(12)9(13)4-5-15-11/h4-5,8H,2-3,6-7H2. The van der Waals surface area contributed by atoms with Gasteiger partial charge in [0.2, 0.25) is 6.54 Å². The molecule has 0 N–H and O–H groups in total. The van der Waals surface area contributed by atoms with Crippen LogP contribution in [-0.2, 0) is 0 Å². The fourth-order valence-electron chi connectivity index (χ4n) is 2.02. The van der Waals surface area contributed by atoms with Gasteiger partial charge in [0.25, 0.3) is 0 Å². The van der Waals surface area contributed by atoms with Crippen molar-refractivity contribution < 1.29 is 0 Å². The summed E-state index contributed by atoms with van der Waals surface area (Å²) in [6, 6.07) is 2.17. The SMILES string of the molecule is [C-]#[N+]CC1CCCN1c1nccc(I)c1Cl. The Bertz CT molecular complexity index is 430. The van der Waals surface area contributed by atoms with Gasteiger partial charge >= 0.3 is 0 Å². The molecule has 1 unspecified atom stereocenters. The van der Waals surface area contributed by atoms with E-state index in [0.717, 1.165) is 28.8 Å². The average molecular weight is 348 g/mol. The van der Waals surface area contributed by atoms with E-state index in [1.165, 1.54) is 0 Å². The second kappa shape index (κ2) is 5.19. The fourth-order valence-corrected chi connectivity index (χ4v) is 2.64. The molecule has 16 heavy (non-hydrogen) atoms. The lowest BCUT2D eigenvalue weighted by molar-refractivity contribution is 0.708. The van der Waals surface area contributed by atoms with Crippen LogP contribution >= 0.6 is 34.2 Å². The summed E-state index contributed by atoms with van der Waals surface area (Å²) in [5, 5.41) is 0.708. The second-order valence-electron chi connectivity index (χ2n) is 3.76. The molecule has 1 aromatic heterocycles. The first-order valence-corrected chi connectivity index (χ1v) is 6.59. The summed E-state index contributed by atoms with van der Waals surface area (Å²) in [6.45, 7) is 8.44. The summed E-state index contributed by atoms with van der Waals surface area (Å²) >= 11 is 8.46. The van der Waals surface area contributed by atoms with Gasteiger partial charge in [0.15, 0.2) is 0 Å². The third-order valence-electron chi connectivity index (χ3n) is 2.77. The quantitative estimate of drug-likeness (QED) is 0.605. The molecule has 0 aromatic carbocycles. The van der Waals surface area contributed by atoms with Crippen LogP contribution in [-0.4, -0.2) is 24.1 Å². The average Bonchev–Trinajstić information content (AvgIpc) is 2.71. The molecule has 3 nitrogen and oxygen atoms in total. The van der Waals surface area contributed by atoms with Gasteiger partial charge in [-0.1, -0.05) is 11.6 Å². The highest BCUT2D eigenvalue weighted by atomic mass is 127. The van der Waals surface area contributed by atoms with Crippen LogP contribution in [0.5, 0.6) is 0 Å². The third kappa shape index (κ3) is 2.25. The minimum Gasteiger partial charge on any atom is -0.345 e. The molecule has 0 radical (unpaired) electrons. The van der Waals surface area contributed by atoms with Crippen molar-refractivity contribution in [1.82, 2.24) is 4.98 Å². The Morgan fingerprint density at radius 2 is 2.50 bits per heavy atom. The highest BCUT2D eigenvalue weighted by Gasteiger charge is 2.29. The Morgan fingerprint density at radius 3 is 3.25 bits per heavy atom. The minimum atomic E-state index is 0.278. The number of hydrogen-bond acceptors (Lipinski definition) is 2. The summed E-state index contributed by atoms with van der Waals surface area (Å²) in [5.74, 6) is 0.833. The van der Waals surface area contributed by atoms with Gasteiger partial charge in [-0.2, -0.15) is 0 Å². The lowest BCUT2D eigenvalue weighted by Crippen LogP contribution is -2.32. The highest BCUT2D eigenvalue weighted by molar-refractivity contribution is 14.1. The first-order chi connectivity index (χ1) is 7.74. The molecule has 0 amide bonds. The van der Waals surface area contributed by atoms with Gasteiger partial charge in [-0.15, -0.1) is 0 Å². The van der Waals surface area contributed by atoms with Crippen molar-refractivity contribution in [2.45, 2.75) is 18.9 Å². The van der Waals surface area contributed by atoms with Crippen LogP contribution in [0.1, 0.15) is 12.8 Å². The molecule has 0 saturated carbocycles.